The number of rotatable bonds is 13. The number of esters is 2. The lowest BCUT2D eigenvalue weighted by atomic mass is 9.95. The number of hydrogen-bond acceptors (Lipinski definition) is 11. The van der Waals surface area contributed by atoms with Gasteiger partial charge in [-0.15, -0.1) is 0 Å². The second-order valence-electron chi connectivity index (χ2n) is 10.2. The van der Waals surface area contributed by atoms with E-state index in [4.69, 9.17) is 40.0 Å². The van der Waals surface area contributed by atoms with Crippen molar-refractivity contribution in [2.45, 2.75) is 53.7 Å². The van der Waals surface area contributed by atoms with Gasteiger partial charge in [-0.2, -0.15) is 0 Å². The van der Waals surface area contributed by atoms with Crippen LogP contribution in [0.3, 0.4) is 0 Å². The second-order valence-corrected chi connectivity index (χ2v) is 11.7. The monoisotopic (exact) mass is 672 g/mol. The Bertz CT molecular complexity index is 1830. The lowest BCUT2D eigenvalue weighted by molar-refractivity contribution is -0.145. The first kappa shape index (κ1) is 34.6. The zero-order valence-corrected chi connectivity index (χ0v) is 28.4. The zero-order valence-electron chi connectivity index (χ0n) is 26.8. The number of nitrogens with zero attached hydrogens (tertiary/aromatic N) is 2. The minimum absolute atomic E-state index is 0.0930. The van der Waals surface area contributed by atoms with Gasteiger partial charge < -0.3 is 28.4 Å². The quantitative estimate of drug-likeness (QED) is 0.240. The molecule has 0 aliphatic carbocycles. The van der Waals surface area contributed by atoms with E-state index in [9.17, 15) is 14.4 Å². The van der Waals surface area contributed by atoms with E-state index in [0.29, 0.717) is 50.0 Å². The van der Waals surface area contributed by atoms with Crippen LogP contribution in [0.15, 0.2) is 51.4 Å². The lowest BCUT2D eigenvalue weighted by Gasteiger charge is -2.25. The highest BCUT2D eigenvalue weighted by Crippen LogP contribution is 2.38. The number of hydrogen-bond donors (Lipinski definition) is 0. The first-order chi connectivity index (χ1) is 22.0. The summed E-state index contributed by atoms with van der Waals surface area (Å²) in [4.78, 5) is 44.3. The Morgan fingerprint density at radius 1 is 1.02 bits per heavy atom. The molecular formula is C33H37ClN2O9S. The molecule has 0 amide bonds. The fourth-order valence-electron chi connectivity index (χ4n) is 4.87. The molecule has 3 aromatic rings. The van der Waals surface area contributed by atoms with Crippen LogP contribution in [0, 0.1) is 0 Å². The van der Waals surface area contributed by atoms with Crippen LogP contribution in [-0.4, -0.2) is 56.1 Å². The van der Waals surface area contributed by atoms with Gasteiger partial charge in [0.05, 0.1) is 59.9 Å². The number of carbonyl (C=O) groups is 2. The topological polar surface area (TPSA) is 124 Å². The van der Waals surface area contributed by atoms with Gasteiger partial charge in [0.2, 0.25) is 0 Å². The van der Waals surface area contributed by atoms with Crippen molar-refractivity contribution in [3.63, 3.8) is 0 Å². The zero-order chi connectivity index (χ0) is 33.5. The highest BCUT2D eigenvalue weighted by Gasteiger charge is 2.34. The number of allylic oxidation sites excluding steroid dienone is 1. The summed E-state index contributed by atoms with van der Waals surface area (Å²) in [5.74, 6) is 0.350. The third kappa shape index (κ3) is 7.56. The van der Waals surface area contributed by atoms with Crippen LogP contribution >= 0.6 is 22.9 Å². The fraction of sp³-hybridized carbons (Fsp3) is 0.394. The minimum Gasteiger partial charge on any atom is -0.493 e. The Morgan fingerprint density at radius 2 is 1.76 bits per heavy atom. The van der Waals surface area contributed by atoms with Gasteiger partial charge in [-0.25, -0.2) is 14.6 Å². The number of aromatic nitrogens is 1. The molecule has 0 unspecified atom stereocenters. The maximum atomic E-state index is 14.1. The van der Waals surface area contributed by atoms with Crippen molar-refractivity contribution in [2.24, 2.45) is 4.99 Å². The van der Waals surface area contributed by atoms with Crippen molar-refractivity contribution >= 4 is 41.0 Å². The standard InChI is InChI=1S/C33H37ClN2O9S/c1-8-41-25-14-20(13-22(34)30(25)44-17-27(37)42-9-2)15-26-31(38)36-29(21-11-12-23(45-18(4)5)24(16-21)40-7)28(32(39)43-10-3)19(6)35-33(36)46-26/h11-16,18,29H,8-10,17H2,1-7H3/b26-15-/t29-/m0/s1. The van der Waals surface area contributed by atoms with E-state index < -0.39 is 18.0 Å². The first-order valence-corrected chi connectivity index (χ1v) is 16.0. The molecule has 0 saturated carbocycles. The summed E-state index contributed by atoms with van der Waals surface area (Å²) in [5.41, 5.74) is 1.47. The van der Waals surface area contributed by atoms with Crippen LogP contribution in [0.4, 0.5) is 0 Å². The Kier molecular flexibility index (Phi) is 11.5. The average Bonchev–Trinajstić information content (AvgIpc) is 3.30. The van der Waals surface area contributed by atoms with Crippen molar-refractivity contribution in [3.8, 4) is 23.0 Å². The number of carbonyl (C=O) groups excluding carboxylic acids is 2. The highest BCUT2D eigenvalue weighted by molar-refractivity contribution is 7.07. The number of ether oxygens (including phenoxy) is 6. The third-order valence-corrected chi connectivity index (χ3v) is 7.92. The molecule has 2 heterocycles. The fourth-order valence-corrected chi connectivity index (χ4v) is 6.19. The van der Waals surface area contributed by atoms with Gasteiger partial charge in [-0.1, -0.05) is 29.0 Å². The summed E-state index contributed by atoms with van der Waals surface area (Å²) in [7, 11) is 1.53. The SMILES string of the molecule is CCOC(=O)COc1c(Cl)cc(/C=c2\sc3n(c2=O)[C@@H](c2ccc(OC(C)C)c(OC)c2)C(C(=O)OCC)=C(C)N=3)cc1OCC. The molecule has 1 aliphatic heterocycles. The first-order valence-electron chi connectivity index (χ1n) is 14.8. The molecule has 0 radical (unpaired) electrons. The molecule has 46 heavy (non-hydrogen) atoms. The molecule has 246 valence electrons. The van der Waals surface area contributed by atoms with Gasteiger partial charge in [0.25, 0.3) is 5.56 Å². The molecular weight excluding hydrogens is 636 g/mol. The molecule has 4 rings (SSSR count). The summed E-state index contributed by atoms with van der Waals surface area (Å²) in [5, 5.41) is 0.184. The van der Waals surface area contributed by atoms with E-state index in [1.807, 2.05) is 13.8 Å². The Balaban J connectivity index is 1.86. The van der Waals surface area contributed by atoms with Crippen LogP contribution in [0.25, 0.3) is 6.08 Å². The van der Waals surface area contributed by atoms with Crippen molar-refractivity contribution < 1.29 is 38.0 Å². The van der Waals surface area contributed by atoms with Gasteiger partial charge in [0.15, 0.2) is 34.4 Å². The number of methoxy groups -OCH3 is 1. The Hall–Kier alpha value is -4.29. The van der Waals surface area contributed by atoms with Crippen LogP contribution in [0.2, 0.25) is 5.02 Å². The summed E-state index contributed by atoms with van der Waals surface area (Å²) in [6, 6.07) is 7.72. The number of thiazole rings is 1. The largest absolute Gasteiger partial charge is 0.493 e. The van der Waals surface area contributed by atoms with Gasteiger partial charge >= 0.3 is 11.9 Å². The molecule has 0 spiro atoms. The third-order valence-electron chi connectivity index (χ3n) is 6.65. The van der Waals surface area contributed by atoms with E-state index in [0.717, 1.165) is 0 Å². The van der Waals surface area contributed by atoms with E-state index in [2.05, 4.69) is 4.99 Å². The Labute approximate surface area is 275 Å². The number of halogens is 1. The van der Waals surface area contributed by atoms with Crippen LogP contribution in [-0.2, 0) is 19.1 Å². The predicted molar refractivity (Wildman–Crippen MR) is 174 cm³/mol. The second kappa shape index (κ2) is 15.3. The molecule has 1 aromatic heterocycles. The van der Waals surface area contributed by atoms with Crippen LogP contribution < -0.4 is 33.8 Å². The van der Waals surface area contributed by atoms with E-state index in [1.54, 1.807) is 64.1 Å². The maximum Gasteiger partial charge on any atom is 0.344 e. The number of fused-ring (bicyclic) bond motifs is 1. The van der Waals surface area contributed by atoms with Gasteiger partial charge in [0, 0.05) is 0 Å². The molecule has 13 heteroatoms. The summed E-state index contributed by atoms with van der Waals surface area (Å²) < 4.78 is 35.0. The highest BCUT2D eigenvalue weighted by atomic mass is 35.5. The normalized spacial score (nSPS) is 14.5. The summed E-state index contributed by atoms with van der Waals surface area (Å²) in [6.45, 7) is 11.1. The van der Waals surface area contributed by atoms with E-state index >= 15 is 0 Å². The predicted octanol–water partition coefficient (Wildman–Crippen LogP) is 4.59. The van der Waals surface area contributed by atoms with E-state index in [-0.39, 0.29) is 47.8 Å². The molecule has 11 nitrogen and oxygen atoms in total. The molecule has 1 atom stereocenters. The lowest BCUT2D eigenvalue weighted by Crippen LogP contribution is -2.40. The minimum atomic E-state index is -0.847. The van der Waals surface area contributed by atoms with E-state index in [1.165, 1.54) is 23.0 Å². The van der Waals surface area contributed by atoms with Crippen molar-refractivity contribution in [1.82, 2.24) is 4.57 Å². The molecule has 0 fully saturated rings. The van der Waals surface area contributed by atoms with Gasteiger partial charge in [0.1, 0.15) is 0 Å². The molecule has 0 bridgehead atoms. The summed E-state index contributed by atoms with van der Waals surface area (Å²) in [6.07, 6.45) is 1.57. The van der Waals surface area contributed by atoms with Crippen molar-refractivity contribution in [2.75, 3.05) is 33.5 Å². The van der Waals surface area contributed by atoms with Gasteiger partial charge in [-0.05, 0) is 83.0 Å². The molecule has 1 aliphatic rings. The molecule has 0 N–H and O–H groups in total. The molecule has 2 aromatic carbocycles. The van der Waals surface area contributed by atoms with Crippen molar-refractivity contribution in [1.29, 1.82) is 0 Å². The maximum absolute atomic E-state index is 14.1. The smallest absolute Gasteiger partial charge is 0.344 e. The van der Waals surface area contributed by atoms with Crippen LogP contribution in [0.5, 0.6) is 23.0 Å². The number of benzene rings is 2. The average molecular weight is 673 g/mol. The Morgan fingerprint density at radius 3 is 2.41 bits per heavy atom. The van der Waals surface area contributed by atoms with Gasteiger partial charge in [-0.3, -0.25) is 9.36 Å². The summed E-state index contributed by atoms with van der Waals surface area (Å²) >= 11 is 7.73. The van der Waals surface area contributed by atoms with Crippen molar-refractivity contribution in [3.05, 3.63) is 77.4 Å². The van der Waals surface area contributed by atoms with Crippen LogP contribution in [0.1, 0.15) is 58.7 Å². The molecule has 0 saturated heterocycles.